The summed E-state index contributed by atoms with van der Waals surface area (Å²) in [6.07, 6.45) is 6.62. The Morgan fingerprint density at radius 1 is 1.35 bits per heavy atom. The number of ether oxygens (including phenoxy) is 1. The Morgan fingerprint density at radius 2 is 2.10 bits per heavy atom. The van der Waals surface area contributed by atoms with Gasteiger partial charge in [-0.2, -0.15) is 0 Å². The first kappa shape index (κ1) is 15.3. The van der Waals surface area contributed by atoms with Crippen molar-refractivity contribution in [1.82, 2.24) is 10.2 Å². The van der Waals surface area contributed by atoms with Gasteiger partial charge in [-0.1, -0.05) is 19.3 Å². The molecule has 5 nitrogen and oxygen atoms in total. The average Bonchev–Trinajstić information content (AvgIpc) is 2.44. The molecule has 0 radical (unpaired) electrons. The third kappa shape index (κ3) is 4.20. The molecule has 1 N–H and O–H groups in total. The van der Waals surface area contributed by atoms with Gasteiger partial charge >= 0.3 is 5.97 Å². The second kappa shape index (κ2) is 7.62. The van der Waals surface area contributed by atoms with Crippen LogP contribution in [-0.2, 0) is 14.3 Å². The summed E-state index contributed by atoms with van der Waals surface area (Å²) in [6.45, 7) is 4.63. The summed E-state index contributed by atoms with van der Waals surface area (Å²) in [7, 11) is 0. The van der Waals surface area contributed by atoms with Crippen molar-refractivity contribution in [3.05, 3.63) is 0 Å². The van der Waals surface area contributed by atoms with Crippen LogP contribution >= 0.6 is 0 Å². The van der Waals surface area contributed by atoms with Crippen LogP contribution in [0.3, 0.4) is 0 Å². The van der Waals surface area contributed by atoms with Crippen LogP contribution in [0.5, 0.6) is 0 Å². The minimum absolute atomic E-state index is 0.0277. The number of rotatable bonds is 5. The minimum atomic E-state index is -0.343. The number of nitrogens with zero attached hydrogens (tertiary/aromatic N) is 1. The highest BCUT2D eigenvalue weighted by Gasteiger charge is 2.33. The standard InChI is InChI=1S/C15H26N2O3/c1-2-20-14(18)10-13-15(19)16-8-9-17(13)11-12-6-4-3-5-7-12/h12-13H,2-11H2,1H3,(H,16,19). The molecule has 1 heterocycles. The van der Waals surface area contributed by atoms with Gasteiger partial charge in [-0.05, 0) is 25.7 Å². The van der Waals surface area contributed by atoms with Gasteiger partial charge in [0.25, 0.3) is 0 Å². The number of piperazine rings is 1. The number of carbonyl (C=O) groups is 2. The molecule has 2 fully saturated rings. The molecular formula is C15H26N2O3. The second-order valence-electron chi connectivity index (χ2n) is 5.81. The highest BCUT2D eigenvalue weighted by atomic mass is 16.5. The fraction of sp³-hybridized carbons (Fsp3) is 0.867. The SMILES string of the molecule is CCOC(=O)CC1C(=O)NCCN1CC1CCCCC1. The Bertz CT molecular complexity index is 340. The zero-order chi connectivity index (χ0) is 14.4. The van der Waals surface area contributed by atoms with Gasteiger partial charge in [-0.3, -0.25) is 14.5 Å². The maximum atomic E-state index is 12.0. The third-order valence-electron chi connectivity index (χ3n) is 4.32. The maximum absolute atomic E-state index is 12.0. The second-order valence-corrected chi connectivity index (χ2v) is 5.81. The Morgan fingerprint density at radius 3 is 2.80 bits per heavy atom. The molecule has 0 aromatic carbocycles. The van der Waals surface area contributed by atoms with E-state index in [1.165, 1.54) is 32.1 Å². The highest BCUT2D eigenvalue weighted by Crippen LogP contribution is 2.25. The quantitative estimate of drug-likeness (QED) is 0.773. The lowest BCUT2D eigenvalue weighted by molar-refractivity contribution is -0.148. The molecule has 1 amide bonds. The van der Waals surface area contributed by atoms with Crippen LogP contribution in [0.1, 0.15) is 45.4 Å². The molecule has 1 aliphatic carbocycles. The van der Waals surface area contributed by atoms with Gasteiger partial charge in [0.05, 0.1) is 19.1 Å². The largest absolute Gasteiger partial charge is 0.466 e. The van der Waals surface area contributed by atoms with Gasteiger partial charge in [0.15, 0.2) is 0 Å². The first-order valence-electron chi connectivity index (χ1n) is 7.88. The molecule has 114 valence electrons. The predicted octanol–water partition coefficient (Wildman–Crippen LogP) is 1.32. The summed E-state index contributed by atoms with van der Waals surface area (Å²) in [5.74, 6) is 0.377. The fourth-order valence-corrected chi connectivity index (χ4v) is 3.28. The molecule has 5 heteroatoms. The summed E-state index contributed by atoms with van der Waals surface area (Å²) < 4.78 is 4.99. The lowest BCUT2D eigenvalue weighted by Crippen LogP contribution is -2.57. The molecule has 0 aromatic rings. The minimum Gasteiger partial charge on any atom is -0.466 e. The van der Waals surface area contributed by atoms with E-state index in [1.807, 2.05) is 0 Å². The molecular weight excluding hydrogens is 256 g/mol. The van der Waals surface area contributed by atoms with Crippen LogP contribution in [0.4, 0.5) is 0 Å². The van der Waals surface area contributed by atoms with Gasteiger partial charge in [0.2, 0.25) is 5.91 Å². The Balaban J connectivity index is 1.92. The zero-order valence-corrected chi connectivity index (χ0v) is 12.4. The van der Waals surface area contributed by atoms with Crippen LogP contribution in [0, 0.1) is 5.92 Å². The van der Waals surface area contributed by atoms with E-state index in [0.717, 1.165) is 13.1 Å². The lowest BCUT2D eigenvalue weighted by atomic mass is 9.88. The normalized spacial score (nSPS) is 25.2. The Labute approximate surface area is 121 Å². The summed E-state index contributed by atoms with van der Waals surface area (Å²) >= 11 is 0. The lowest BCUT2D eigenvalue weighted by Gasteiger charge is -2.37. The number of amides is 1. The Hall–Kier alpha value is -1.10. The summed E-state index contributed by atoms with van der Waals surface area (Å²) in [4.78, 5) is 25.9. The number of carbonyl (C=O) groups excluding carboxylic acids is 2. The third-order valence-corrected chi connectivity index (χ3v) is 4.32. The van der Waals surface area contributed by atoms with Crippen molar-refractivity contribution in [2.24, 2.45) is 5.92 Å². The van der Waals surface area contributed by atoms with Crippen LogP contribution in [0.25, 0.3) is 0 Å². The monoisotopic (exact) mass is 282 g/mol. The molecule has 2 aliphatic rings. The average molecular weight is 282 g/mol. The molecule has 0 spiro atoms. The smallest absolute Gasteiger partial charge is 0.307 e. The van der Waals surface area contributed by atoms with E-state index in [0.29, 0.717) is 19.1 Å². The number of nitrogens with one attached hydrogen (secondary N) is 1. The summed E-state index contributed by atoms with van der Waals surface area (Å²) in [6, 6.07) is -0.343. The molecule has 1 saturated heterocycles. The van der Waals surface area contributed by atoms with Crippen molar-refractivity contribution in [3.8, 4) is 0 Å². The van der Waals surface area contributed by atoms with Crippen molar-refractivity contribution < 1.29 is 14.3 Å². The topological polar surface area (TPSA) is 58.6 Å². The first-order valence-corrected chi connectivity index (χ1v) is 7.88. The van der Waals surface area contributed by atoms with E-state index in [2.05, 4.69) is 10.2 Å². The molecule has 1 unspecified atom stereocenters. The zero-order valence-electron chi connectivity index (χ0n) is 12.4. The predicted molar refractivity (Wildman–Crippen MR) is 76.2 cm³/mol. The number of hydrogen-bond acceptors (Lipinski definition) is 4. The van der Waals surface area contributed by atoms with Crippen molar-refractivity contribution >= 4 is 11.9 Å². The molecule has 0 aromatic heterocycles. The van der Waals surface area contributed by atoms with Gasteiger partial charge in [-0.15, -0.1) is 0 Å². The first-order chi connectivity index (χ1) is 9.70. The van der Waals surface area contributed by atoms with Crippen molar-refractivity contribution in [2.75, 3.05) is 26.2 Å². The molecule has 1 aliphatic heterocycles. The maximum Gasteiger partial charge on any atom is 0.307 e. The van der Waals surface area contributed by atoms with E-state index in [9.17, 15) is 9.59 Å². The van der Waals surface area contributed by atoms with Crippen molar-refractivity contribution in [1.29, 1.82) is 0 Å². The van der Waals surface area contributed by atoms with Crippen LogP contribution in [0.15, 0.2) is 0 Å². The van der Waals surface area contributed by atoms with E-state index in [4.69, 9.17) is 4.74 Å². The van der Waals surface area contributed by atoms with Crippen LogP contribution < -0.4 is 5.32 Å². The van der Waals surface area contributed by atoms with E-state index < -0.39 is 0 Å². The van der Waals surface area contributed by atoms with Crippen LogP contribution in [-0.4, -0.2) is 49.1 Å². The summed E-state index contributed by atoms with van der Waals surface area (Å²) in [5, 5.41) is 2.86. The van der Waals surface area contributed by atoms with E-state index >= 15 is 0 Å². The molecule has 2 rings (SSSR count). The number of hydrogen-bond donors (Lipinski definition) is 1. The van der Waals surface area contributed by atoms with E-state index in [-0.39, 0.29) is 24.3 Å². The van der Waals surface area contributed by atoms with Crippen LogP contribution in [0.2, 0.25) is 0 Å². The summed E-state index contributed by atoms with van der Waals surface area (Å²) in [5.41, 5.74) is 0. The number of esters is 1. The molecule has 1 saturated carbocycles. The fourth-order valence-electron chi connectivity index (χ4n) is 3.28. The van der Waals surface area contributed by atoms with Gasteiger partial charge in [0, 0.05) is 19.6 Å². The Kier molecular flexibility index (Phi) is 5.83. The molecule has 1 atom stereocenters. The molecule has 0 bridgehead atoms. The van der Waals surface area contributed by atoms with Gasteiger partial charge < -0.3 is 10.1 Å². The highest BCUT2D eigenvalue weighted by molar-refractivity contribution is 5.87. The van der Waals surface area contributed by atoms with Gasteiger partial charge in [-0.25, -0.2) is 0 Å². The van der Waals surface area contributed by atoms with Crippen molar-refractivity contribution in [2.45, 2.75) is 51.5 Å². The van der Waals surface area contributed by atoms with E-state index in [1.54, 1.807) is 6.92 Å². The molecule has 20 heavy (non-hydrogen) atoms. The van der Waals surface area contributed by atoms with Crippen molar-refractivity contribution in [3.63, 3.8) is 0 Å². The van der Waals surface area contributed by atoms with Gasteiger partial charge in [0.1, 0.15) is 0 Å².